The van der Waals surface area contributed by atoms with Crippen LogP contribution in [0, 0.1) is 0 Å². The minimum absolute atomic E-state index is 0.111. The van der Waals surface area contributed by atoms with Crippen molar-refractivity contribution in [1.82, 2.24) is 0 Å². The monoisotopic (exact) mass is 272 g/mol. The van der Waals surface area contributed by atoms with Gasteiger partial charge in [-0.1, -0.05) is 0 Å². The highest BCUT2D eigenvalue weighted by molar-refractivity contribution is 5.81. The first kappa shape index (κ1) is 14.1. The number of anilines is 1. The molecule has 0 aromatic heterocycles. The minimum Gasteiger partial charge on any atom is -0.530 e. The van der Waals surface area contributed by atoms with Gasteiger partial charge < -0.3 is 15.2 Å². The second kappa shape index (κ2) is 4.39. The fourth-order valence-electron chi connectivity index (χ4n) is 1.14. The summed E-state index contributed by atoms with van der Waals surface area (Å²) in [7, 11) is 0. The maximum Gasteiger partial charge on any atom is 0.416 e. The number of amides is 1. The molecular formula is C9H4F6NO2-. The van der Waals surface area contributed by atoms with Crippen LogP contribution in [0.2, 0.25) is 0 Å². The van der Waals surface area contributed by atoms with Crippen molar-refractivity contribution in [2.75, 3.05) is 5.32 Å². The van der Waals surface area contributed by atoms with E-state index in [1.54, 1.807) is 0 Å². The summed E-state index contributed by atoms with van der Waals surface area (Å²) >= 11 is 0. The number of halogens is 6. The molecule has 100 valence electrons. The summed E-state index contributed by atoms with van der Waals surface area (Å²) in [5, 5.41) is 11.4. The smallest absolute Gasteiger partial charge is 0.416 e. The lowest BCUT2D eigenvalue weighted by Crippen LogP contribution is -2.29. The lowest BCUT2D eigenvalue weighted by Gasteiger charge is -2.15. The highest BCUT2D eigenvalue weighted by atomic mass is 19.4. The average Bonchev–Trinajstić information content (AvgIpc) is 2.13. The zero-order valence-corrected chi connectivity index (χ0v) is 8.32. The van der Waals surface area contributed by atoms with Crippen molar-refractivity contribution >= 4 is 11.8 Å². The number of hydrogen-bond acceptors (Lipinski definition) is 2. The summed E-state index contributed by atoms with van der Waals surface area (Å²) in [6.07, 6.45) is -12.1. The first-order chi connectivity index (χ1) is 8.00. The fourth-order valence-corrected chi connectivity index (χ4v) is 1.14. The van der Waals surface area contributed by atoms with Crippen LogP contribution in [-0.4, -0.2) is 6.09 Å². The molecule has 0 heterocycles. The van der Waals surface area contributed by atoms with E-state index in [4.69, 9.17) is 0 Å². The normalized spacial score (nSPS) is 12.3. The van der Waals surface area contributed by atoms with E-state index in [2.05, 4.69) is 0 Å². The van der Waals surface area contributed by atoms with Crippen LogP contribution in [0.25, 0.3) is 0 Å². The van der Waals surface area contributed by atoms with Crippen LogP contribution in [-0.2, 0) is 12.4 Å². The number of nitrogens with one attached hydrogen (secondary N) is 1. The van der Waals surface area contributed by atoms with Crippen LogP contribution in [0.1, 0.15) is 11.1 Å². The summed E-state index contributed by atoms with van der Waals surface area (Å²) < 4.78 is 73.9. The number of alkyl halides is 6. The Hall–Kier alpha value is -1.93. The van der Waals surface area contributed by atoms with Crippen molar-refractivity contribution in [3.8, 4) is 0 Å². The van der Waals surface area contributed by atoms with Gasteiger partial charge in [-0.05, 0) is 18.2 Å². The molecule has 0 saturated carbocycles. The van der Waals surface area contributed by atoms with Gasteiger partial charge in [-0.3, -0.25) is 0 Å². The third-order valence-corrected chi connectivity index (χ3v) is 1.83. The van der Waals surface area contributed by atoms with E-state index in [0.29, 0.717) is 0 Å². The van der Waals surface area contributed by atoms with E-state index in [1.165, 1.54) is 5.32 Å². The van der Waals surface area contributed by atoms with Gasteiger partial charge in [-0.15, -0.1) is 0 Å². The molecule has 18 heavy (non-hydrogen) atoms. The SMILES string of the molecule is O=C([O-])Nc1cc(C(F)(F)F)cc(C(F)(F)F)c1. The molecule has 0 aliphatic rings. The number of carbonyl (C=O) groups excluding carboxylic acids is 1. The molecule has 0 fully saturated rings. The van der Waals surface area contributed by atoms with Crippen molar-refractivity contribution in [2.45, 2.75) is 12.4 Å². The van der Waals surface area contributed by atoms with Gasteiger partial charge >= 0.3 is 12.4 Å². The molecule has 0 atom stereocenters. The first-order valence-electron chi connectivity index (χ1n) is 4.27. The molecule has 0 bridgehead atoms. The maximum atomic E-state index is 12.3. The average molecular weight is 272 g/mol. The van der Waals surface area contributed by atoms with E-state index >= 15 is 0 Å². The van der Waals surface area contributed by atoms with E-state index < -0.39 is 35.3 Å². The van der Waals surface area contributed by atoms with Gasteiger partial charge in [0.15, 0.2) is 0 Å². The van der Waals surface area contributed by atoms with Gasteiger partial charge in [0.1, 0.15) is 6.09 Å². The number of rotatable bonds is 1. The molecule has 0 spiro atoms. The minimum atomic E-state index is -5.02. The van der Waals surface area contributed by atoms with Gasteiger partial charge in [0, 0.05) is 5.69 Å². The number of carbonyl (C=O) groups is 1. The molecule has 0 radical (unpaired) electrons. The van der Waals surface area contributed by atoms with Crippen molar-refractivity contribution in [2.24, 2.45) is 0 Å². The van der Waals surface area contributed by atoms with Gasteiger partial charge in [-0.2, -0.15) is 26.3 Å². The molecular weight excluding hydrogens is 268 g/mol. The maximum absolute atomic E-state index is 12.3. The zero-order chi connectivity index (χ0) is 14.1. The standard InChI is InChI=1S/C9H5F6NO2/c10-8(11,12)4-1-5(9(13,14)15)3-6(2-4)16-7(17)18/h1-3,16H,(H,17,18)/p-1. The van der Waals surface area contributed by atoms with Crippen molar-refractivity contribution in [3.05, 3.63) is 29.3 Å². The van der Waals surface area contributed by atoms with Crippen LogP contribution >= 0.6 is 0 Å². The third-order valence-electron chi connectivity index (χ3n) is 1.83. The number of benzene rings is 1. The fraction of sp³-hybridized carbons (Fsp3) is 0.222. The molecule has 0 unspecified atom stereocenters. The Kier molecular flexibility index (Phi) is 3.45. The van der Waals surface area contributed by atoms with E-state index in [9.17, 15) is 36.2 Å². The number of carboxylic acid groups (broad SMARTS) is 1. The van der Waals surface area contributed by atoms with Crippen LogP contribution in [0.3, 0.4) is 0 Å². The Morgan fingerprint density at radius 2 is 1.33 bits per heavy atom. The second-order valence-corrected chi connectivity index (χ2v) is 3.21. The topological polar surface area (TPSA) is 52.2 Å². The molecule has 9 heteroatoms. The van der Waals surface area contributed by atoms with Crippen LogP contribution in [0.5, 0.6) is 0 Å². The van der Waals surface area contributed by atoms with Gasteiger partial charge in [0.25, 0.3) is 0 Å². The largest absolute Gasteiger partial charge is 0.530 e. The van der Waals surface area contributed by atoms with Gasteiger partial charge in [0.05, 0.1) is 11.1 Å². The Morgan fingerprint density at radius 3 is 1.61 bits per heavy atom. The van der Waals surface area contributed by atoms with Gasteiger partial charge in [-0.25, -0.2) is 0 Å². The Labute approximate surface area is 96.0 Å². The lowest BCUT2D eigenvalue weighted by atomic mass is 10.1. The molecule has 1 amide bonds. The van der Waals surface area contributed by atoms with E-state index in [1.807, 2.05) is 0 Å². The molecule has 3 nitrogen and oxygen atoms in total. The summed E-state index contributed by atoms with van der Waals surface area (Å²) in [6.45, 7) is 0. The molecule has 1 N–H and O–H groups in total. The van der Waals surface area contributed by atoms with Crippen LogP contribution in [0.4, 0.5) is 36.8 Å². The zero-order valence-electron chi connectivity index (χ0n) is 8.32. The predicted octanol–water partition coefficient (Wildman–Crippen LogP) is 2.48. The van der Waals surface area contributed by atoms with Gasteiger partial charge in [0.2, 0.25) is 0 Å². The van der Waals surface area contributed by atoms with E-state index in [-0.39, 0.29) is 18.2 Å². The molecule has 0 aliphatic carbocycles. The number of hydrogen-bond donors (Lipinski definition) is 1. The molecule has 0 saturated heterocycles. The van der Waals surface area contributed by atoms with Crippen LogP contribution in [0.15, 0.2) is 18.2 Å². The summed E-state index contributed by atoms with van der Waals surface area (Å²) in [4.78, 5) is 10.1. The molecule has 1 aromatic rings. The highest BCUT2D eigenvalue weighted by Crippen LogP contribution is 2.37. The summed E-state index contributed by atoms with van der Waals surface area (Å²) in [5.41, 5.74) is -4.08. The Morgan fingerprint density at radius 1 is 0.944 bits per heavy atom. The Balaban J connectivity index is 3.34. The lowest BCUT2D eigenvalue weighted by molar-refractivity contribution is -0.242. The molecule has 1 aromatic carbocycles. The van der Waals surface area contributed by atoms with Crippen LogP contribution < -0.4 is 10.4 Å². The first-order valence-corrected chi connectivity index (χ1v) is 4.27. The van der Waals surface area contributed by atoms with E-state index in [0.717, 1.165) is 0 Å². The Bertz CT molecular complexity index is 433. The van der Waals surface area contributed by atoms with Crippen molar-refractivity contribution < 1.29 is 36.2 Å². The quantitative estimate of drug-likeness (QED) is 0.798. The summed E-state index contributed by atoms with van der Waals surface area (Å²) in [6, 6.07) is 0.372. The van der Waals surface area contributed by atoms with Crippen molar-refractivity contribution in [1.29, 1.82) is 0 Å². The van der Waals surface area contributed by atoms with Crippen molar-refractivity contribution in [3.63, 3.8) is 0 Å². The highest BCUT2D eigenvalue weighted by Gasteiger charge is 2.36. The third kappa shape index (κ3) is 3.54. The second-order valence-electron chi connectivity index (χ2n) is 3.21. The molecule has 1 rings (SSSR count). The predicted molar refractivity (Wildman–Crippen MR) is 45.5 cm³/mol. The summed E-state index contributed by atoms with van der Waals surface area (Å²) in [5.74, 6) is 0. The molecule has 0 aliphatic heterocycles.